The highest BCUT2D eigenvalue weighted by molar-refractivity contribution is 5.76. The SMILES string of the molecule is C1CCC1.c1ccc2c(c1)Cc1ccccc1-2. The molecule has 0 nitrogen and oxygen atoms in total. The van der Waals surface area contributed by atoms with Crippen molar-refractivity contribution < 1.29 is 0 Å². The summed E-state index contributed by atoms with van der Waals surface area (Å²) >= 11 is 0. The third-order valence-corrected chi connectivity index (χ3v) is 3.71. The highest BCUT2D eigenvalue weighted by Gasteiger charge is 2.15. The van der Waals surface area contributed by atoms with Crippen LogP contribution < -0.4 is 0 Å². The Morgan fingerprint density at radius 3 is 1.35 bits per heavy atom. The normalized spacial score (nSPS) is 15.1. The fourth-order valence-electron chi connectivity index (χ4n) is 2.33. The quantitative estimate of drug-likeness (QED) is 0.511. The third-order valence-electron chi connectivity index (χ3n) is 3.71. The van der Waals surface area contributed by atoms with Gasteiger partial charge in [-0.05, 0) is 28.7 Å². The molecule has 0 heterocycles. The fraction of sp³-hybridized carbons (Fsp3) is 0.294. The maximum absolute atomic E-state index is 2.22. The van der Waals surface area contributed by atoms with E-state index in [1.807, 2.05) is 0 Å². The Hall–Kier alpha value is -1.56. The fourth-order valence-corrected chi connectivity index (χ4v) is 2.33. The topological polar surface area (TPSA) is 0 Å². The van der Waals surface area contributed by atoms with E-state index in [4.69, 9.17) is 0 Å². The van der Waals surface area contributed by atoms with E-state index in [0.29, 0.717) is 0 Å². The van der Waals surface area contributed by atoms with Crippen molar-refractivity contribution in [1.82, 2.24) is 0 Å². The first kappa shape index (κ1) is 10.6. The molecule has 0 bridgehead atoms. The Morgan fingerprint density at radius 2 is 0.941 bits per heavy atom. The van der Waals surface area contributed by atoms with Crippen molar-refractivity contribution >= 4 is 0 Å². The van der Waals surface area contributed by atoms with Crippen molar-refractivity contribution in [3.05, 3.63) is 59.7 Å². The zero-order chi connectivity index (χ0) is 11.5. The summed E-state index contributed by atoms with van der Waals surface area (Å²) in [6.07, 6.45) is 7.10. The second kappa shape index (κ2) is 4.75. The molecule has 0 atom stereocenters. The lowest BCUT2D eigenvalue weighted by Gasteiger charge is -2.05. The zero-order valence-corrected chi connectivity index (χ0v) is 10.2. The number of hydrogen-bond donors (Lipinski definition) is 0. The molecule has 0 N–H and O–H groups in total. The molecule has 1 saturated carbocycles. The Kier molecular flexibility index (Phi) is 2.96. The summed E-state index contributed by atoms with van der Waals surface area (Å²) in [4.78, 5) is 0. The lowest BCUT2D eigenvalue weighted by Crippen LogP contribution is -1.85. The molecule has 0 saturated heterocycles. The molecule has 0 radical (unpaired) electrons. The molecular weight excluding hydrogens is 204 g/mol. The standard InChI is InChI=1S/C13H10.C4H8/c1-3-7-12-10(5-1)9-11-6-2-4-8-13(11)12;1-2-4-3-1/h1-8H,9H2;1-4H2. The van der Waals surface area contributed by atoms with Crippen molar-refractivity contribution in [2.45, 2.75) is 32.1 Å². The smallest absolute Gasteiger partial charge is 0.00135 e. The van der Waals surface area contributed by atoms with Gasteiger partial charge in [0.05, 0.1) is 0 Å². The Labute approximate surface area is 103 Å². The third kappa shape index (κ3) is 2.12. The maximum Gasteiger partial charge on any atom is -0.00135 e. The van der Waals surface area contributed by atoms with Gasteiger partial charge < -0.3 is 0 Å². The summed E-state index contributed by atoms with van der Waals surface area (Å²) < 4.78 is 0. The minimum absolute atomic E-state index is 1.10. The van der Waals surface area contributed by atoms with Crippen molar-refractivity contribution in [1.29, 1.82) is 0 Å². The van der Waals surface area contributed by atoms with Crippen LogP contribution in [0.1, 0.15) is 36.8 Å². The molecule has 0 aliphatic heterocycles. The Bertz CT molecular complexity index is 459. The zero-order valence-electron chi connectivity index (χ0n) is 10.2. The molecule has 86 valence electrons. The maximum atomic E-state index is 2.22. The summed E-state index contributed by atoms with van der Waals surface area (Å²) in [6, 6.07) is 17.3. The molecule has 0 heteroatoms. The van der Waals surface area contributed by atoms with E-state index in [-0.39, 0.29) is 0 Å². The summed E-state index contributed by atoms with van der Waals surface area (Å²) in [6.45, 7) is 0. The van der Waals surface area contributed by atoms with Crippen LogP contribution in [0.15, 0.2) is 48.5 Å². The Morgan fingerprint density at radius 1 is 0.529 bits per heavy atom. The van der Waals surface area contributed by atoms with Gasteiger partial charge in [0.1, 0.15) is 0 Å². The van der Waals surface area contributed by atoms with Gasteiger partial charge in [0.2, 0.25) is 0 Å². The van der Waals surface area contributed by atoms with Crippen LogP contribution in [0.5, 0.6) is 0 Å². The Balaban J connectivity index is 0.000000193. The van der Waals surface area contributed by atoms with Crippen molar-refractivity contribution in [3.63, 3.8) is 0 Å². The average Bonchev–Trinajstić information content (AvgIpc) is 2.65. The molecule has 2 aromatic carbocycles. The van der Waals surface area contributed by atoms with Crippen LogP contribution in [0.4, 0.5) is 0 Å². The van der Waals surface area contributed by atoms with Gasteiger partial charge in [0.15, 0.2) is 0 Å². The van der Waals surface area contributed by atoms with Crippen molar-refractivity contribution in [3.8, 4) is 11.1 Å². The predicted molar refractivity (Wildman–Crippen MR) is 73.2 cm³/mol. The van der Waals surface area contributed by atoms with Gasteiger partial charge >= 0.3 is 0 Å². The first-order chi connectivity index (χ1) is 8.45. The van der Waals surface area contributed by atoms with Crippen LogP contribution in [0, 0.1) is 0 Å². The number of rotatable bonds is 0. The van der Waals surface area contributed by atoms with E-state index in [1.165, 1.54) is 47.9 Å². The van der Waals surface area contributed by atoms with Gasteiger partial charge in [-0.3, -0.25) is 0 Å². The number of hydrogen-bond acceptors (Lipinski definition) is 0. The summed E-state index contributed by atoms with van der Waals surface area (Å²) in [5.41, 5.74) is 5.75. The van der Waals surface area contributed by atoms with E-state index in [0.717, 1.165) is 6.42 Å². The van der Waals surface area contributed by atoms with Gasteiger partial charge in [-0.15, -0.1) is 0 Å². The minimum Gasteiger partial charge on any atom is -0.0619 e. The van der Waals surface area contributed by atoms with E-state index < -0.39 is 0 Å². The molecule has 2 aliphatic carbocycles. The van der Waals surface area contributed by atoms with E-state index >= 15 is 0 Å². The molecule has 1 fully saturated rings. The lowest BCUT2D eigenvalue weighted by molar-refractivity contribution is 0.504. The van der Waals surface area contributed by atoms with Crippen LogP contribution in [0.25, 0.3) is 11.1 Å². The predicted octanol–water partition coefficient (Wildman–Crippen LogP) is 4.82. The molecular formula is C17H18. The first-order valence-corrected chi connectivity index (χ1v) is 6.61. The lowest BCUT2D eigenvalue weighted by atomic mass is 10.0. The van der Waals surface area contributed by atoms with Gasteiger partial charge in [-0.25, -0.2) is 0 Å². The molecule has 0 unspecified atom stereocenters. The van der Waals surface area contributed by atoms with Gasteiger partial charge in [-0.2, -0.15) is 0 Å². The summed E-state index contributed by atoms with van der Waals surface area (Å²) in [5, 5.41) is 0. The van der Waals surface area contributed by atoms with Crippen molar-refractivity contribution in [2.24, 2.45) is 0 Å². The highest BCUT2D eigenvalue weighted by Crippen LogP contribution is 2.35. The second-order valence-electron chi connectivity index (χ2n) is 4.91. The largest absolute Gasteiger partial charge is 0.0619 e. The highest BCUT2D eigenvalue weighted by atomic mass is 14.2. The van der Waals surface area contributed by atoms with Gasteiger partial charge in [0.25, 0.3) is 0 Å². The monoisotopic (exact) mass is 222 g/mol. The molecule has 0 amide bonds. The molecule has 4 rings (SSSR count). The van der Waals surface area contributed by atoms with Crippen LogP contribution >= 0.6 is 0 Å². The molecule has 0 aromatic heterocycles. The summed E-state index contributed by atoms with van der Waals surface area (Å²) in [5.74, 6) is 0. The average molecular weight is 222 g/mol. The van der Waals surface area contributed by atoms with E-state index in [1.54, 1.807) is 0 Å². The van der Waals surface area contributed by atoms with E-state index in [2.05, 4.69) is 48.5 Å². The van der Waals surface area contributed by atoms with Gasteiger partial charge in [0, 0.05) is 0 Å². The van der Waals surface area contributed by atoms with Crippen LogP contribution in [0.2, 0.25) is 0 Å². The van der Waals surface area contributed by atoms with Crippen LogP contribution in [0.3, 0.4) is 0 Å². The van der Waals surface area contributed by atoms with Crippen LogP contribution in [-0.4, -0.2) is 0 Å². The minimum atomic E-state index is 1.10. The van der Waals surface area contributed by atoms with Crippen molar-refractivity contribution in [2.75, 3.05) is 0 Å². The number of fused-ring (bicyclic) bond motifs is 3. The molecule has 2 aliphatic rings. The first-order valence-electron chi connectivity index (χ1n) is 6.61. The van der Waals surface area contributed by atoms with Gasteiger partial charge in [-0.1, -0.05) is 74.2 Å². The second-order valence-corrected chi connectivity index (χ2v) is 4.91. The van der Waals surface area contributed by atoms with E-state index in [9.17, 15) is 0 Å². The molecule has 0 spiro atoms. The summed E-state index contributed by atoms with van der Waals surface area (Å²) in [7, 11) is 0. The van der Waals surface area contributed by atoms with Crippen LogP contribution in [-0.2, 0) is 6.42 Å². The molecule has 2 aromatic rings. The molecule has 17 heavy (non-hydrogen) atoms. The number of benzene rings is 2.